The zero-order chi connectivity index (χ0) is 9.19. The van der Waals surface area contributed by atoms with Gasteiger partial charge in [-0.25, -0.2) is 0 Å². The Morgan fingerprint density at radius 2 is 2.00 bits per heavy atom. The fourth-order valence-electron chi connectivity index (χ4n) is 0.582. The van der Waals surface area contributed by atoms with Crippen LogP contribution in [0.5, 0.6) is 0 Å². The summed E-state index contributed by atoms with van der Waals surface area (Å²) in [5.41, 5.74) is -4.25. The highest BCUT2D eigenvalue weighted by Gasteiger charge is 2.29. The third kappa shape index (κ3) is 3.44. The van der Waals surface area contributed by atoms with Crippen molar-refractivity contribution < 1.29 is 13.2 Å². The second-order valence-electron chi connectivity index (χ2n) is 1.89. The molecule has 0 aliphatic rings. The van der Waals surface area contributed by atoms with Gasteiger partial charge in [0, 0.05) is 21.8 Å². The zero-order valence-corrected chi connectivity index (χ0v) is 8.00. The lowest BCUT2D eigenvalue weighted by Crippen LogP contribution is -1.98. The second-order valence-corrected chi connectivity index (χ2v) is 3.94. The number of hydrogen-bond donors (Lipinski definition) is 0. The highest BCUT2D eigenvalue weighted by Crippen LogP contribution is 2.36. The smallest absolute Gasteiger partial charge is 0.262 e. The van der Waals surface area contributed by atoms with Crippen molar-refractivity contribution in [2.75, 3.05) is 0 Å². The number of rotatable bonds is 1. The third-order valence-electron chi connectivity index (χ3n) is 0.913. The van der Waals surface area contributed by atoms with Gasteiger partial charge in [0.2, 0.25) is 0 Å². The molecule has 0 aliphatic heterocycles. The van der Waals surface area contributed by atoms with E-state index in [0.717, 1.165) is 0 Å². The van der Waals surface area contributed by atoms with Crippen LogP contribution in [-0.4, -0.2) is 10.5 Å². The Hall–Kier alpha value is -0.230. The Kier molecular flexibility index (Phi) is 3.00. The van der Waals surface area contributed by atoms with Crippen LogP contribution in [0.3, 0.4) is 0 Å². The van der Waals surface area contributed by atoms with Gasteiger partial charge in [0.05, 0.1) is 0 Å². The number of aromatic nitrogens is 1. The number of alkyl halides is 3. The summed E-state index contributed by atoms with van der Waals surface area (Å²) in [4.78, 5) is 3.68. The molecule has 0 aromatic carbocycles. The molecule has 0 saturated heterocycles. The van der Waals surface area contributed by atoms with E-state index in [2.05, 4.69) is 20.9 Å². The summed E-state index contributed by atoms with van der Waals surface area (Å²) in [6.07, 6.45) is 2.60. The molecule has 0 amide bonds. The molecule has 0 spiro atoms. The number of thioether (sulfide) groups is 1. The monoisotopic (exact) mass is 257 g/mol. The maximum atomic E-state index is 11.8. The molecule has 0 saturated carbocycles. The molecule has 0 radical (unpaired) electrons. The molecule has 1 rings (SSSR count). The number of nitrogens with zero attached hydrogens (tertiary/aromatic N) is 1. The largest absolute Gasteiger partial charge is 0.446 e. The molecule has 1 nitrogen and oxygen atoms in total. The van der Waals surface area contributed by atoms with Gasteiger partial charge in [-0.1, -0.05) is 0 Å². The normalized spacial score (nSPS) is 11.7. The molecule has 12 heavy (non-hydrogen) atoms. The van der Waals surface area contributed by atoms with Crippen molar-refractivity contribution in [2.24, 2.45) is 0 Å². The lowest BCUT2D eigenvalue weighted by Gasteiger charge is -2.04. The number of hydrogen-bond acceptors (Lipinski definition) is 2. The van der Waals surface area contributed by atoms with Crippen molar-refractivity contribution in [2.45, 2.75) is 10.4 Å². The molecule has 1 aromatic rings. The minimum absolute atomic E-state index is 0.0804. The average molecular weight is 258 g/mol. The summed E-state index contributed by atoms with van der Waals surface area (Å²) < 4.78 is 35.9. The summed E-state index contributed by atoms with van der Waals surface area (Å²) in [7, 11) is 0. The first kappa shape index (κ1) is 9.85. The zero-order valence-electron chi connectivity index (χ0n) is 5.60. The van der Waals surface area contributed by atoms with Crippen LogP contribution in [0.25, 0.3) is 0 Å². The standard InChI is InChI=1S/C6H3BrF3NS/c7-4-1-5(3-11-2-4)12-6(8,9)10/h1-3H. The molecule has 1 heterocycles. The van der Waals surface area contributed by atoms with Crippen molar-refractivity contribution in [3.63, 3.8) is 0 Å². The Morgan fingerprint density at radius 3 is 2.50 bits per heavy atom. The Balaban J connectivity index is 2.77. The SMILES string of the molecule is FC(F)(F)Sc1cncc(Br)c1. The second kappa shape index (κ2) is 3.66. The highest BCUT2D eigenvalue weighted by molar-refractivity contribution is 9.10. The third-order valence-corrected chi connectivity index (χ3v) is 2.04. The maximum Gasteiger partial charge on any atom is 0.446 e. The number of halogens is 4. The first-order valence-electron chi connectivity index (χ1n) is 2.84. The summed E-state index contributed by atoms with van der Waals surface area (Å²) in [6.45, 7) is 0. The van der Waals surface area contributed by atoms with Crippen LogP contribution in [-0.2, 0) is 0 Å². The summed E-state index contributed by atoms with van der Waals surface area (Å²) >= 11 is 2.85. The van der Waals surface area contributed by atoms with Gasteiger partial charge in [-0.15, -0.1) is 0 Å². The van der Waals surface area contributed by atoms with Gasteiger partial charge >= 0.3 is 5.51 Å². The predicted molar refractivity (Wildman–Crippen MR) is 43.8 cm³/mol. The summed E-state index contributed by atoms with van der Waals surface area (Å²) in [5, 5.41) is 0. The van der Waals surface area contributed by atoms with E-state index in [-0.39, 0.29) is 16.7 Å². The van der Waals surface area contributed by atoms with E-state index in [1.165, 1.54) is 18.5 Å². The van der Waals surface area contributed by atoms with Crippen LogP contribution in [0.4, 0.5) is 13.2 Å². The van der Waals surface area contributed by atoms with Crippen molar-refractivity contribution in [3.05, 3.63) is 22.9 Å². The van der Waals surface area contributed by atoms with E-state index >= 15 is 0 Å². The van der Waals surface area contributed by atoms with Gasteiger partial charge < -0.3 is 0 Å². The van der Waals surface area contributed by atoms with E-state index < -0.39 is 5.51 Å². The Labute approximate surface area is 79.5 Å². The van der Waals surface area contributed by atoms with E-state index in [9.17, 15) is 13.2 Å². The molecule has 0 unspecified atom stereocenters. The van der Waals surface area contributed by atoms with E-state index in [0.29, 0.717) is 4.47 Å². The average Bonchev–Trinajstić information content (AvgIpc) is 1.82. The molecule has 6 heteroatoms. The molecule has 0 fully saturated rings. The van der Waals surface area contributed by atoms with Crippen LogP contribution in [0.1, 0.15) is 0 Å². The van der Waals surface area contributed by atoms with Crippen LogP contribution in [0, 0.1) is 0 Å². The molecule has 1 aromatic heterocycles. The first-order chi connectivity index (χ1) is 5.47. The van der Waals surface area contributed by atoms with Crippen LogP contribution < -0.4 is 0 Å². The first-order valence-corrected chi connectivity index (χ1v) is 4.44. The van der Waals surface area contributed by atoms with Crippen LogP contribution in [0.15, 0.2) is 27.8 Å². The summed E-state index contributed by atoms with van der Waals surface area (Å²) in [5.74, 6) is 0. The minimum Gasteiger partial charge on any atom is -0.262 e. The van der Waals surface area contributed by atoms with E-state index in [1.807, 2.05) is 0 Å². The van der Waals surface area contributed by atoms with Gasteiger partial charge in [0.1, 0.15) is 0 Å². The molecule has 0 bridgehead atoms. The van der Waals surface area contributed by atoms with Gasteiger partial charge in [-0.05, 0) is 33.8 Å². The Bertz CT molecular complexity index is 276. The topological polar surface area (TPSA) is 12.9 Å². The van der Waals surface area contributed by atoms with Crippen molar-refractivity contribution in [1.29, 1.82) is 0 Å². The molecule has 0 atom stereocenters. The Morgan fingerprint density at radius 1 is 1.33 bits per heavy atom. The fourth-order valence-corrected chi connectivity index (χ4v) is 1.66. The molecule has 0 N–H and O–H groups in total. The lowest BCUT2D eigenvalue weighted by molar-refractivity contribution is -0.0328. The van der Waals surface area contributed by atoms with Crippen molar-refractivity contribution >= 4 is 27.7 Å². The van der Waals surface area contributed by atoms with Gasteiger partial charge in [-0.2, -0.15) is 13.2 Å². The van der Waals surface area contributed by atoms with Gasteiger partial charge in [0.15, 0.2) is 0 Å². The van der Waals surface area contributed by atoms with Gasteiger partial charge in [-0.3, -0.25) is 4.98 Å². The quantitative estimate of drug-likeness (QED) is 0.715. The highest BCUT2D eigenvalue weighted by atomic mass is 79.9. The molecular weight excluding hydrogens is 255 g/mol. The molecular formula is C6H3BrF3NS. The number of pyridine rings is 1. The lowest BCUT2D eigenvalue weighted by atomic mass is 10.5. The summed E-state index contributed by atoms with van der Waals surface area (Å²) in [6, 6.07) is 1.37. The van der Waals surface area contributed by atoms with Crippen LogP contribution in [0.2, 0.25) is 0 Å². The van der Waals surface area contributed by atoms with Crippen molar-refractivity contribution in [1.82, 2.24) is 4.98 Å². The van der Waals surface area contributed by atoms with Crippen LogP contribution >= 0.6 is 27.7 Å². The van der Waals surface area contributed by atoms with Gasteiger partial charge in [0.25, 0.3) is 0 Å². The molecule has 66 valence electrons. The van der Waals surface area contributed by atoms with E-state index in [4.69, 9.17) is 0 Å². The minimum atomic E-state index is -4.25. The molecule has 0 aliphatic carbocycles. The predicted octanol–water partition coefficient (Wildman–Crippen LogP) is 3.46. The van der Waals surface area contributed by atoms with E-state index in [1.54, 1.807) is 0 Å². The maximum absolute atomic E-state index is 11.8. The van der Waals surface area contributed by atoms with Crippen molar-refractivity contribution in [3.8, 4) is 0 Å². The fraction of sp³-hybridized carbons (Fsp3) is 0.167.